The SMILES string of the molecule is CC(=O)CCc1ccc(OCC(=O)NCCCN2CCN(C)CC2c2ccccc2)cc1. The van der Waals surface area contributed by atoms with Crippen LogP contribution in [0.1, 0.15) is 36.9 Å². The first-order valence-corrected chi connectivity index (χ1v) is 11.5. The van der Waals surface area contributed by atoms with Crippen LogP contribution in [-0.4, -0.2) is 67.9 Å². The number of piperazine rings is 1. The predicted octanol–water partition coefficient (Wildman–Crippen LogP) is 3.08. The lowest BCUT2D eigenvalue weighted by atomic mass is 10.0. The van der Waals surface area contributed by atoms with Gasteiger partial charge in [0.1, 0.15) is 11.5 Å². The summed E-state index contributed by atoms with van der Waals surface area (Å²) in [6, 6.07) is 18.6. The van der Waals surface area contributed by atoms with Gasteiger partial charge in [-0.2, -0.15) is 0 Å². The molecule has 1 aliphatic rings. The maximum atomic E-state index is 12.1. The van der Waals surface area contributed by atoms with E-state index in [-0.39, 0.29) is 18.3 Å². The normalized spacial score (nSPS) is 17.1. The number of likely N-dealkylation sites (N-methyl/N-ethyl adjacent to an activating group) is 1. The molecule has 1 N–H and O–H groups in total. The number of Topliss-reactive ketones (excluding diaryl/α,β-unsaturated/α-hetero) is 1. The van der Waals surface area contributed by atoms with Crippen LogP contribution in [0.4, 0.5) is 0 Å². The average Bonchev–Trinajstić information content (AvgIpc) is 2.81. The van der Waals surface area contributed by atoms with E-state index in [0.29, 0.717) is 24.8 Å². The van der Waals surface area contributed by atoms with Gasteiger partial charge in [0.05, 0.1) is 0 Å². The molecule has 0 saturated carbocycles. The number of amides is 1. The van der Waals surface area contributed by atoms with Crippen LogP contribution >= 0.6 is 0 Å². The number of benzene rings is 2. The van der Waals surface area contributed by atoms with Gasteiger partial charge in [-0.3, -0.25) is 9.69 Å². The fraction of sp³-hybridized carbons (Fsp3) is 0.462. The van der Waals surface area contributed by atoms with Crippen LogP contribution in [0.2, 0.25) is 0 Å². The summed E-state index contributed by atoms with van der Waals surface area (Å²) in [7, 11) is 2.17. The molecule has 1 saturated heterocycles. The number of nitrogens with one attached hydrogen (secondary N) is 1. The summed E-state index contributed by atoms with van der Waals surface area (Å²) in [5.41, 5.74) is 2.44. The Morgan fingerprint density at radius 1 is 1.06 bits per heavy atom. The van der Waals surface area contributed by atoms with Crippen LogP contribution in [0, 0.1) is 0 Å². The highest BCUT2D eigenvalue weighted by Crippen LogP contribution is 2.24. The molecule has 1 unspecified atom stereocenters. The molecule has 6 heteroatoms. The average molecular weight is 438 g/mol. The number of nitrogens with zero attached hydrogens (tertiary/aromatic N) is 2. The first-order chi connectivity index (χ1) is 15.5. The van der Waals surface area contributed by atoms with E-state index in [9.17, 15) is 9.59 Å². The Kier molecular flexibility index (Phi) is 9.26. The Bertz CT molecular complexity index is 854. The van der Waals surface area contributed by atoms with E-state index in [1.807, 2.05) is 24.3 Å². The second kappa shape index (κ2) is 12.4. The van der Waals surface area contributed by atoms with Crippen molar-refractivity contribution in [3.8, 4) is 5.75 Å². The quantitative estimate of drug-likeness (QED) is 0.548. The van der Waals surface area contributed by atoms with Crippen LogP contribution in [-0.2, 0) is 16.0 Å². The van der Waals surface area contributed by atoms with E-state index >= 15 is 0 Å². The third-order valence-corrected chi connectivity index (χ3v) is 5.88. The Morgan fingerprint density at radius 3 is 2.53 bits per heavy atom. The van der Waals surface area contributed by atoms with Gasteiger partial charge >= 0.3 is 0 Å². The number of ketones is 1. The number of ether oxygens (including phenoxy) is 1. The van der Waals surface area contributed by atoms with Gasteiger partial charge in [-0.05, 0) is 50.1 Å². The van der Waals surface area contributed by atoms with Crippen molar-refractivity contribution in [2.24, 2.45) is 0 Å². The van der Waals surface area contributed by atoms with Crippen molar-refractivity contribution in [2.45, 2.75) is 32.2 Å². The van der Waals surface area contributed by atoms with Crippen molar-refractivity contribution in [3.63, 3.8) is 0 Å². The second-order valence-corrected chi connectivity index (χ2v) is 8.56. The summed E-state index contributed by atoms with van der Waals surface area (Å²) >= 11 is 0. The zero-order valence-electron chi connectivity index (χ0n) is 19.3. The first kappa shape index (κ1) is 24.0. The molecular weight excluding hydrogens is 402 g/mol. The Hall–Kier alpha value is -2.70. The monoisotopic (exact) mass is 437 g/mol. The summed E-state index contributed by atoms with van der Waals surface area (Å²) in [6.45, 7) is 6.33. The third-order valence-electron chi connectivity index (χ3n) is 5.88. The molecule has 0 spiro atoms. The van der Waals surface area contributed by atoms with Gasteiger partial charge in [-0.25, -0.2) is 0 Å². The van der Waals surface area contributed by atoms with Gasteiger partial charge in [0.25, 0.3) is 5.91 Å². The molecule has 3 rings (SSSR count). The first-order valence-electron chi connectivity index (χ1n) is 11.5. The van der Waals surface area contributed by atoms with Gasteiger partial charge in [0.15, 0.2) is 6.61 Å². The Labute approximate surface area is 191 Å². The number of carbonyl (C=O) groups excluding carboxylic acids is 2. The summed E-state index contributed by atoms with van der Waals surface area (Å²) in [5.74, 6) is 0.740. The Balaban J connectivity index is 1.36. The van der Waals surface area contributed by atoms with Crippen molar-refractivity contribution >= 4 is 11.7 Å². The highest BCUT2D eigenvalue weighted by atomic mass is 16.5. The van der Waals surface area contributed by atoms with Crippen molar-refractivity contribution < 1.29 is 14.3 Å². The maximum absolute atomic E-state index is 12.1. The van der Waals surface area contributed by atoms with E-state index in [1.54, 1.807) is 6.92 Å². The second-order valence-electron chi connectivity index (χ2n) is 8.56. The van der Waals surface area contributed by atoms with Crippen LogP contribution in [0.5, 0.6) is 5.75 Å². The number of carbonyl (C=O) groups is 2. The van der Waals surface area contributed by atoms with Crippen LogP contribution in [0.15, 0.2) is 54.6 Å². The molecular formula is C26H35N3O3. The third kappa shape index (κ3) is 7.77. The molecule has 2 aromatic carbocycles. The zero-order chi connectivity index (χ0) is 22.8. The van der Waals surface area contributed by atoms with Gasteiger partial charge in [0.2, 0.25) is 0 Å². The number of hydrogen-bond acceptors (Lipinski definition) is 5. The minimum absolute atomic E-state index is 0.00788. The van der Waals surface area contributed by atoms with E-state index in [4.69, 9.17) is 4.74 Å². The lowest BCUT2D eigenvalue weighted by Gasteiger charge is -2.40. The fourth-order valence-corrected chi connectivity index (χ4v) is 4.00. The van der Waals surface area contributed by atoms with Crippen molar-refractivity contribution in [1.82, 2.24) is 15.1 Å². The molecule has 0 aromatic heterocycles. The number of aryl methyl sites for hydroxylation is 1. The van der Waals surface area contributed by atoms with E-state index in [2.05, 4.69) is 52.5 Å². The van der Waals surface area contributed by atoms with E-state index < -0.39 is 0 Å². The summed E-state index contributed by atoms with van der Waals surface area (Å²) in [6.07, 6.45) is 2.18. The highest BCUT2D eigenvalue weighted by molar-refractivity contribution is 5.77. The van der Waals surface area contributed by atoms with Gasteiger partial charge in [-0.1, -0.05) is 42.5 Å². The molecule has 1 atom stereocenters. The number of hydrogen-bond donors (Lipinski definition) is 1. The molecule has 0 radical (unpaired) electrons. The van der Waals surface area contributed by atoms with Crippen LogP contribution in [0.25, 0.3) is 0 Å². The summed E-state index contributed by atoms with van der Waals surface area (Å²) in [4.78, 5) is 28.1. The molecule has 1 amide bonds. The molecule has 0 aliphatic carbocycles. The van der Waals surface area contributed by atoms with E-state index in [0.717, 1.165) is 44.6 Å². The standard InChI is InChI=1S/C26H35N3O3/c1-21(30)9-10-22-11-13-24(14-12-22)32-20-26(31)27-15-6-16-29-18-17-28(2)19-25(29)23-7-4-3-5-8-23/h3-5,7-8,11-14,25H,6,9-10,15-20H2,1-2H3,(H,27,31). The van der Waals surface area contributed by atoms with Gasteiger partial charge in [0, 0.05) is 45.2 Å². The molecule has 0 bridgehead atoms. The molecule has 1 heterocycles. The lowest BCUT2D eigenvalue weighted by molar-refractivity contribution is -0.123. The molecule has 2 aromatic rings. The molecule has 6 nitrogen and oxygen atoms in total. The van der Waals surface area contributed by atoms with Crippen LogP contribution in [0.3, 0.4) is 0 Å². The molecule has 172 valence electrons. The molecule has 1 aliphatic heterocycles. The minimum Gasteiger partial charge on any atom is -0.484 e. The summed E-state index contributed by atoms with van der Waals surface area (Å²) in [5, 5.41) is 2.96. The van der Waals surface area contributed by atoms with Crippen LogP contribution < -0.4 is 10.1 Å². The predicted molar refractivity (Wildman–Crippen MR) is 127 cm³/mol. The van der Waals surface area contributed by atoms with Crippen molar-refractivity contribution in [2.75, 3.05) is 46.4 Å². The lowest BCUT2D eigenvalue weighted by Crippen LogP contribution is -2.47. The van der Waals surface area contributed by atoms with Crippen molar-refractivity contribution in [3.05, 3.63) is 65.7 Å². The molecule has 32 heavy (non-hydrogen) atoms. The maximum Gasteiger partial charge on any atom is 0.257 e. The smallest absolute Gasteiger partial charge is 0.257 e. The highest BCUT2D eigenvalue weighted by Gasteiger charge is 2.25. The van der Waals surface area contributed by atoms with Gasteiger partial charge in [-0.15, -0.1) is 0 Å². The molecule has 1 fully saturated rings. The number of rotatable bonds is 11. The Morgan fingerprint density at radius 2 is 1.81 bits per heavy atom. The topological polar surface area (TPSA) is 61.9 Å². The summed E-state index contributed by atoms with van der Waals surface area (Å²) < 4.78 is 5.59. The zero-order valence-corrected chi connectivity index (χ0v) is 19.3. The fourth-order valence-electron chi connectivity index (χ4n) is 4.00. The largest absolute Gasteiger partial charge is 0.484 e. The van der Waals surface area contributed by atoms with E-state index in [1.165, 1.54) is 5.56 Å². The van der Waals surface area contributed by atoms with Crippen molar-refractivity contribution in [1.29, 1.82) is 0 Å². The minimum atomic E-state index is -0.108. The van der Waals surface area contributed by atoms with Gasteiger partial charge < -0.3 is 19.7 Å².